The minimum atomic E-state index is -1.25. The summed E-state index contributed by atoms with van der Waals surface area (Å²) >= 11 is 0. The van der Waals surface area contributed by atoms with E-state index in [4.69, 9.17) is 14.6 Å². The van der Waals surface area contributed by atoms with Crippen molar-refractivity contribution in [3.8, 4) is 11.5 Å². The molecule has 0 amide bonds. The van der Waals surface area contributed by atoms with E-state index in [2.05, 4.69) is 0 Å². The Kier molecular flexibility index (Phi) is 4.48. The van der Waals surface area contributed by atoms with Crippen LogP contribution in [0.3, 0.4) is 0 Å². The Morgan fingerprint density at radius 1 is 1.17 bits per heavy atom. The summed E-state index contributed by atoms with van der Waals surface area (Å²) in [7, 11) is 2.99. The first-order valence-corrected chi connectivity index (χ1v) is 5.17. The predicted octanol–water partition coefficient (Wildman–Crippen LogP) is 1.76. The minimum Gasteiger partial charge on any atom is -0.493 e. The largest absolute Gasteiger partial charge is 0.493 e. The van der Waals surface area contributed by atoms with Crippen LogP contribution < -0.4 is 9.47 Å². The number of carboxylic acid groups (broad SMARTS) is 1. The van der Waals surface area contributed by atoms with Gasteiger partial charge in [-0.1, -0.05) is 6.07 Å². The lowest BCUT2D eigenvalue weighted by molar-refractivity contribution is -0.134. The molecule has 0 aliphatic heterocycles. The Morgan fingerprint density at radius 2 is 1.78 bits per heavy atom. The fraction of sp³-hybridized carbons (Fsp3) is 0.231. The van der Waals surface area contributed by atoms with Gasteiger partial charge in [-0.15, -0.1) is 0 Å². The number of benzene rings is 1. The molecule has 0 atom stereocenters. The Balaban J connectivity index is 3.22. The van der Waals surface area contributed by atoms with Crippen molar-refractivity contribution in [1.82, 2.24) is 0 Å². The molecule has 1 rings (SSSR count). The van der Waals surface area contributed by atoms with Gasteiger partial charge in [0.15, 0.2) is 17.3 Å². The van der Waals surface area contributed by atoms with Crippen molar-refractivity contribution in [3.05, 3.63) is 29.3 Å². The number of hydrogen-bond acceptors (Lipinski definition) is 4. The Labute approximate surface area is 105 Å². The van der Waals surface area contributed by atoms with Gasteiger partial charge in [-0.2, -0.15) is 0 Å². The second-order valence-corrected chi connectivity index (χ2v) is 3.53. The molecule has 96 valence electrons. The van der Waals surface area contributed by atoms with Crippen LogP contribution in [0, 0.1) is 0 Å². The van der Waals surface area contributed by atoms with Crippen LogP contribution in [0.5, 0.6) is 11.5 Å². The summed E-state index contributed by atoms with van der Waals surface area (Å²) in [5.74, 6) is -0.747. The Morgan fingerprint density at radius 3 is 2.22 bits per heavy atom. The molecule has 0 bridgehead atoms. The first-order valence-electron chi connectivity index (χ1n) is 5.17. The summed E-state index contributed by atoms with van der Waals surface area (Å²) in [5.41, 5.74) is 0.280. The molecule has 18 heavy (non-hydrogen) atoms. The van der Waals surface area contributed by atoms with Gasteiger partial charge < -0.3 is 14.6 Å². The third kappa shape index (κ3) is 3.10. The molecule has 5 nitrogen and oxygen atoms in total. The molecular formula is C13H14O5. The highest BCUT2D eigenvalue weighted by atomic mass is 16.5. The summed E-state index contributed by atoms with van der Waals surface area (Å²) < 4.78 is 10.2. The van der Waals surface area contributed by atoms with E-state index in [9.17, 15) is 9.59 Å². The minimum absolute atomic E-state index is 0.276. The van der Waals surface area contributed by atoms with Crippen LogP contribution in [0.15, 0.2) is 23.8 Å². The zero-order valence-corrected chi connectivity index (χ0v) is 10.4. The maximum atomic E-state index is 11.2. The predicted molar refractivity (Wildman–Crippen MR) is 65.8 cm³/mol. The fourth-order valence-corrected chi connectivity index (χ4v) is 1.42. The van der Waals surface area contributed by atoms with Gasteiger partial charge in [0.05, 0.1) is 14.2 Å². The van der Waals surface area contributed by atoms with Crippen molar-refractivity contribution < 1.29 is 24.2 Å². The van der Waals surface area contributed by atoms with Gasteiger partial charge in [-0.25, -0.2) is 4.79 Å². The molecule has 0 saturated heterocycles. The van der Waals surface area contributed by atoms with E-state index in [1.807, 2.05) is 0 Å². The maximum Gasteiger partial charge on any atom is 0.339 e. The molecule has 1 aromatic rings. The lowest BCUT2D eigenvalue weighted by Gasteiger charge is -2.08. The molecule has 0 radical (unpaired) electrons. The number of carboxylic acids is 1. The molecule has 5 heteroatoms. The number of ketones is 1. The lowest BCUT2D eigenvalue weighted by atomic mass is 10.1. The van der Waals surface area contributed by atoms with E-state index in [-0.39, 0.29) is 5.57 Å². The van der Waals surface area contributed by atoms with Crippen molar-refractivity contribution in [2.75, 3.05) is 14.2 Å². The van der Waals surface area contributed by atoms with Crippen LogP contribution >= 0.6 is 0 Å². The number of aliphatic carboxylic acids is 1. The van der Waals surface area contributed by atoms with Gasteiger partial charge in [-0.3, -0.25) is 4.79 Å². The van der Waals surface area contributed by atoms with E-state index < -0.39 is 11.8 Å². The average molecular weight is 250 g/mol. The van der Waals surface area contributed by atoms with E-state index in [0.29, 0.717) is 17.1 Å². The van der Waals surface area contributed by atoms with Crippen LogP contribution in [0.2, 0.25) is 0 Å². The molecule has 0 aliphatic rings. The third-order valence-corrected chi connectivity index (χ3v) is 2.33. The summed E-state index contributed by atoms with van der Waals surface area (Å²) in [4.78, 5) is 22.0. The first kappa shape index (κ1) is 13.8. The smallest absolute Gasteiger partial charge is 0.339 e. The van der Waals surface area contributed by atoms with E-state index >= 15 is 0 Å². The summed E-state index contributed by atoms with van der Waals surface area (Å²) in [5, 5.41) is 8.89. The summed E-state index contributed by atoms with van der Waals surface area (Å²) in [6, 6.07) is 4.89. The molecule has 1 N–H and O–H groups in total. The lowest BCUT2D eigenvalue weighted by Crippen LogP contribution is -2.08. The zero-order chi connectivity index (χ0) is 13.7. The molecule has 0 aliphatic carbocycles. The summed E-state index contributed by atoms with van der Waals surface area (Å²) in [6.45, 7) is 1.21. The topological polar surface area (TPSA) is 72.8 Å². The zero-order valence-electron chi connectivity index (χ0n) is 10.4. The van der Waals surface area contributed by atoms with Crippen LogP contribution in [0.25, 0.3) is 6.08 Å². The van der Waals surface area contributed by atoms with Gasteiger partial charge in [0, 0.05) is 0 Å². The Hall–Kier alpha value is -2.30. The number of rotatable bonds is 5. The number of Topliss-reactive ketones (excluding diaryl/α,β-unsaturated/α-hetero) is 1. The molecule has 0 fully saturated rings. The first-order chi connectivity index (χ1) is 8.49. The van der Waals surface area contributed by atoms with Gasteiger partial charge in [-0.05, 0) is 30.7 Å². The second-order valence-electron chi connectivity index (χ2n) is 3.53. The number of carbonyl (C=O) groups is 2. The van der Waals surface area contributed by atoms with Crippen LogP contribution in [-0.2, 0) is 9.59 Å². The highest BCUT2D eigenvalue weighted by Gasteiger charge is 2.13. The van der Waals surface area contributed by atoms with Crippen LogP contribution in [0.1, 0.15) is 12.5 Å². The van der Waals surface area contributed by atoms with Crippen molar-refractivity contribution in [3.63, 3.8) is 0 Å². The Bertz CT molecular complexity index is 486. The van der Waals surface area contributed by atoms with Gasteiger partial charge in [0.1, 0.15) is 5.57 Å². The van der Waals surface area contributed by atoms with Gasteiger partial charge in [0.2, 0.25) is 0 Å². The molecule has 0 heterocycles. The average Bonchev–Trinajstić information content (AvgIpc) is 2.34. The normalized spacial score (nSPS) is 10.9. The molecule has 0 aromatic heterocycles. The quantitative estimate of drug-likeness (QED) is 0.489. The van der Waals surface area contributed by atoms with Crippen molar-refractivity contribution in [1.29, 1.82) is 0 Å². The number of carbonyl (C=O) groups excluding carboxylic acids is 1. The van der Waals surface area contributed by atoms with E-state index in [1.165, 1.54) is 27.2 Å². The number of methoxy groups -OCH3 is 2. The number of ether oxygens (including phenoxy) is 2. The van der Waals surface area contributed by atoms with Crippen LogP contribution in [0.4, 0.5) is 0 Å². The van der Waals surface area contributed by atoms with Crippen LogP contribution in [-0.4, -0.2) is 31.1 Å². The second kappa shape index (κ2) is 5.86. The monoisotopic (exact) mass is 250 g/mol. The van der Waals surface area contributed by atoms with Crippen molar-refractivity contribution in [2.24, 2.45) is 0 Å². The molecule has 0 unspecified atom stereocenters. The number of hydrogen-bond donors (Lipinski definition) is 1. The summed E-state index contributed by atoms with van der Waals surface area (Å²) in [6.07, 6.45) is 1.30. The van der Waals surface area contributed by atoms with Crippen molar-refractivity contribution in [2.45, 2.75) is 6.92 Å². The molecule has 0 spiro atoms. The third-order valence-electron chi connectivity index (χ3n) is 2.33. The maximum absolute atomic E-state index is 11.2. The highest BCUT2D eigenvalue weighted by Crippen LogP contribution is 2.28. The van der Waals surface area contributed by atoms with Gasteiger partial charge in [0.25, 0.3) is 0 Å². The molecular weight excluding hydrogens is 236 g/mol. The standard InChI is InChI=1S/C13H14O5/c1-8(14)10(13(15)16)6-9-4-5-11(17-2)12(7-9)18-3/h4-7H,1-3H3,(H,15,16)/b10-6-. The van der Waals surface area contributed by atoms with Crippen molar-refractivity contribution >= 4 is 17.8 Å². The fourth-order valence-electron chi connectivity index (χ4n) is 1.42. The highest BCUT2D eigenvalue weighted by molar-refractivity contribution is 6.19. The SMILES string of the molecule is COc1ccc(/C=C(/C(C)=O)C(=O)O)cc1OC. The van der Waals surface area contributed by atoms with E-state index in [1.54, 1.807) is 18.2 Å². The van der Waals surface area contributed by atoms with Gasteiger partial charge >= 0.3 is 5.97 Å². The molecule has 0 saturated carbocycles. The molecule has 1 aromatic carbocycles. The van der Waals surface area contributed by atoms with E-state index in [0.717, 1.165) is 0 Å².